The average molecular weight is 244 g/mol. The number of likely N-dealkylation sites (N-methyl/N-ethyl adjacent to an activating group) is 2. The van der Waals surface area contributed by atoms with Crippen LogP contribution in [0.2, 0.25) is 0 Å². The number of nitrogens with zero attached hydrogens (tertiary/aromatic N) is 2. The molecule has 4 rings (SSSR count). The molecule has 3 heterocycles. The van der Waals surface area contributed by atoms with Gasteiger partial charge in [0.05, 0.1) is 0 Å². The molecule has 2 atom stereocenters. The van der Waals surface area contributed by atoms with Crippen LogP contribution in [0, 0.1) is 0 Å². The number of carbonyl (C=O) groups is 2. The first-order valence-electron chi connectivity index (χ1n) is 6.19. The number of rotatable bonds is 0. The quantitative estimate of drug-likeness (QED) is 0.665. The van der Waals surface area contributed by atoms with Crippen molar-refractivity contribution in [3.8, 4) is 0 Å². The van der Waals surface area contributed by atoms with Crippen LogP contribution in [0.1, 0.15) is 11.1 Å². The highest BCUT2D eigenvalue weighted by Gasteiger charge is 2.44. The first-order valence-corrected chi connectivity index (χ1v) is 6.19. The van der Waals surface area contributed by atoms with E-state index in [-0.39, 0.29) is 23.9 Å². The molecular formula is C14H16N2O2. The molecule has 1 saturated heterocycles. The average Bonchev–Trinajstić information content (AvgIpc) is 2.37. The molecule has 3 aliphatic heterocycles. The maximum atomic E-state index is 12.3. The molecule has 0 N–H and O–H groups in total. The predicted molar refractivity (Wildman–Crippen MR) is 67.0 cm³/mol. The van der Waals surface area contributed by atoms with Gasteiger partial charge in [0.1, 0.15) is 12.1 Å². The Morgan fingerprint density at radius 3 is 1.67 bits per heavy atom. The van der Waals surface area contributed by atoms with Crippen LogP contribution in [0.5, 0.6) is 0 Å². The molecule has 1 aromatic carbocycles. The zero-order chi connectivity index (χ0) is 12.9. The molecule has 2 unspecified atom stereocenters. The van der Waals surface area contributed by atoms with Gasteiger partial charge in [-0.05, 0) is 11.1 Å². The van der Waals surface area contributed by atoms with Gasteiger partial charge >= 0.3 is 0 Å². The van der Waals surface area contributed by atoms with Crippen molar-refractivity contribution in [2.45, 2.75) is 24.9 Å². The Kier molecular flexibility index (Phi) is 2.40. The minimum Gasteiger partial charge on any atom is -0.332 e. The molecule has 2 bridgehead atoms. The molecule has 18 heavy (non-hydrogen) atoms. The van der Waals surface area contributed by atoms with E-state index in [2.05, 4.69) is 12.1 Å². The van der Waals surface area contributed by atoms with Crippen molar-refractivity contribution in [3.63, 3.8) is 0 Å². The van der Waals surface area contributed by atoms with Crippen molar-refractivity contribution in [2.75, 3.05) is 14.1 Å². The van der Waals surface area contributed by atoms with Crippen LogP contribution in [0.4, 0.5) is 0 Å². The summed E-state index contributed by atoms with van der Waals surface area (Å²) >= 11 is 0. The highest BCUT2D eigenvalue weighted by atomic mass is 16.2. The fraction of sp³-hybridized carbons (Fsp3) is 0.429. The lowest BCUT2D eigenvalue weighted by Crippen LogP contribution is -2.64. The standard InChI is InChI=1S/C14H16N2O2/c1-15-11-7-9-5-3-4-6-10(9)8-12(13(15)17)16(2)14(11)18/h3-6,11-12H,7-8H2,1-2H3. The van der Waals surface area contributed by atoms with Crippen LogP contribution in [0.3, 0.4) is 0 Å². The van der Waals surface area contributed by atoms with E-state index in [0.717, 1.165) is 0 Å². The molecule has 94 valence electrons. The minimum absolute atomic E-state index is 0.0524. The van der Waals surface area contributed by atoms with Gasteiger partial charge in [0.2, 0.25) is 11.8 Å². The Balaban J connectivity index is 2.12. The van der Waals surface area contributed by atoms with E-state index in [4.69, 9.17) is 0 Å². The van der Waals surface area contributed by atoms with Crippen LogP contribution in [-0.4, -0.2) is 47.8 Å². The van der Waals surface area contributed by atoms with Crippen molar-refractivity contribution >= 4 is 11.8 Å². The van der Waals surface area contributed by atoms with Crippen molar-refractivity contribution in [1.29, 1.82) is 0 Å². The number of carbonyl (C=O) groups excluding carboxylic acids is 2. The Hall–Kier alpha value is -1.84. The van der Waals surface area contributed by atoms with Gasteiger partial charge in [-0.25, -0.2) is 0 Å². The summed E-state index contributed by atoms with van der Waals surface area (Å²) in [6, 6.07) is 7.40. The van der Waals surface area contributed by atoms with E-state index in [9.17, 15) is 9.59 Å². The summed E-state index contributed by atoms with van der Waals surface area (Å²) in [5.41, 5.74) is 2.38. The van der Waals surface area contributed by atoms with Gasteiger partial charge in [0.15, 0.2) is 0 Å². The predicted octanol–water partition coefficient (Wildman–Crippen LogP) is 0.453. The first kappa shape index (κ1) is 11.3. The third-order valence-corrected chi connectivity index (χ3v) is 4.15. The highest BCUT2D eigenvalue weighted by molar-refractivity contribution is 5.97. The van der Waals surface area contributed by atoms with Crippen molar-refractivity contribution in [2.24, 2.45) is 0 Å². The zero-order valence-corrected chi connectivity index (χ0v) is 10.6. The number of piperazine rings is 1. The SMILES string of the molecule is CN1C(=O)C2Cc3ccccc3CC1C(=O)N2C. The van der Waals surface area contributed by atoms with Gasteiger partial charge in [-0.3, -0.25) is 9.59 Å². The minimum atomic E-state index is -0.347. The maximum absolute atomic E-state index is 12.3. The summed E-state index contributed by atoms with van der Waals surface area (Å²) < 4.78 is 0. The third-order valence-electron chi connectivity index (χ3n) is 4.15. The fourth-order valence-electron chi connectivity index (χ4n) is 2.93. The lowest BCUT2D eigenvalue weighted by Gasteiger charge is -2.44. The van der Waals surface area contributed by atoms with Crippen LogP contribution < -0.4 is 0 Å². The van der Waals surface area contributed by atoms with Crippen molar-refractivity contribution in [3.05, 3.63) is 35.4 Å². The van der Waals surface area contributed by atoms with E-state index >= 15 is 0 Å². The summed E-state index contributed by atoms with van der Waals surface area (Å²) in [6.45, 7) is 0. The second kappa shape index (κ2) is 3.83. The lowest BCUT2D eigenvalue weighted by atomic mass is 9.87. The summed E-state index contributed by atoms with van der Waals surface area (Å²) in [6.07, 6.45) is 1.24. The summed E-state index contributed by atoms with van der Waals surface area (Å²) in [4.78, 5) is 27.7. The molecule has 0 saturated carbocycles. The molecular weight excluding hydrogens is 228 g/mol. The van der Waals surface area contributed by atoms with Gasteiger partial charge in [-0.2, -0.15) is 0 Å². The fourth-order valence-corrected chi connectivity index (χ4v) is 2.93. The zero-order valence-electron chi connectivity index (χ0n) is 10.6. The number of hydrogen-bond acceptors (Lipinski definition) is 2. The summed E-state index contributed by atoms with van der Waals surface area (Å²) in [5.74, 6) is 0.105. The molecule has 0 radical (unpaired) electrons. The molecule has 0 spiro atoms. The largest absolute Gasteiger partial charge is 0.332 e. The third kappa shape index (κ3) is 1.45. The second-order valence-corrected chi connectivity index (χ2v) is 5.11. The van der Waals surface area contributed by atoms with Crippen LogP contribution in [0.15, 0.2) is 24.3 Å². The highest BCUT2D eigenvalue weighted by Crippen LogP contribution is 2.27. The molecule has 3 aliphatic rings. The van der Waals surface area contributed by atoms with Gasteiger partial charge in [-0.15, -0.1) is 0 Å². The Bertz CT molecular complexity index is 479. The number of benzene rings is 1. The van der Waals surface area contributed by atoms with E-state index in [1.807, 2.05) is 12.1 Å². The molecule has 2 amide bonds. The Labute approximate surface area is 106 Å². The maximum Gasteiger partial charge on any atom is 0.246 e. The molecule has 1 fully saturated rings. The van der Waals surface area contributed by atoms with Crippen LogP contribution in [-0.2, 0) is 22.4 Å². The number of hydrogen-bond donors (Lipinski definition) is 0. The molecule has 0 aromatic heterocycles. The first-order chi connectivity index (χ1) is 8.59. The normalized spacial score (nSPS) is 27.0. The smallest absolute Gasteiger partial charge is 0.246 e. The summed E-state index contributed by atoms with van der Waals surface area (Å²) in [7, 11) is 3.47. The van der Waals surface area contributed by atoms with Crippen molar-refractivity contribution in [1.82, 2.24) is 9.80 Å². The Morgan fingerprint density at radius 2 is 1.28 bits per heavy atom. The van der Waals surface area contributed by atoms with E-state index in [1.165, 1.54) is 11.1 Å². The van der Waals surface area contributed by atoms with Gasteiger partial charge < -0.3 is 9.80 Å². The van der Waals surface area contributed by atoms with Crippen LogP contribution in [0.25, 0.3) is 0 Å². The number of amides is 2. The monoisotopic (exact) mass is 244 g/mol. The molecule has 4 nitrogen and oxygen atoms in total. The molecule has 4 heteroatoms. The molecule has 1 aromatic rings. The second-order valence-electron chi connectivity index (χ2n) is 5.11. The van der Waals surface area contributed by atoms with E-state index in [0.29, 0.717) is 12.8 Å². The van der Waals surface area contributed by atoms with E-state index in [1.54, 1.807) is 23.9 Å². The van der Waals surface area contributed by atoms with Crippen LogP contribution >= 0.6 is 0 Å². The Morgan fingerprint density at radius 1 is 0.889 bits per heavy atom. The van der Waals surface area contributed by atoms with Crippen molar-refractivity contribution < 1.29 is 9.59 Å². The van der Waals surface area contributed by atoms with E-state index < -0.39 is 0 Å². The van der Waals surface area contributed by atoms with Gasteiger partial charge in [0, 0.05) is 26.9 Å². The van der Waals surface area contributed by atoms with Gasteiger partial charge in [-0.1, -0.05) is 24.3 Å². The van der Waals surface area contributed by atoms with Gasteiger partial charge in [0.25, 0.3) is 0 Å². The number of fused-ring (bicyclic) bond motifs is 2. The molecule has 0 aliphatic carbocycles. The summed E-state index contributed by atoms with van der Waals surface area (Å²) in [5, 5.41) is 0. The lowest BCUT2D eigenvalue weighted by molar-refractivity contribution is -0.158. The topological polar surface area (TPSA) is 40.6 Å².